The third-order valence-corrected chi connectivity index (χ3v) is 4.53. The minimum Gasteiger partial charge on any atom is -0.466 e. The molecule has 0 saturated heterocycles. The molecule has 24 heavy (non-hydrogen) atoms. The number of hydrogen-bond donors (Lipinski definition) is 2. The van der Waals surface area contributed by atoms with Crippen LogP contribution in [0.2, 0.25) is 0 Å². The first-order valence-corrected chi connectivity index (χ1v) is 8.90. The largest absolute Gasteiger partial charge is 0.466 e. The second-order valence-corrected chi connectivity index (χ2v) is 7.69. The Morgan fingerprint density at radius 2 is 2.04 bits per heavy atom. The zero-order chi connectivity index (χ0) is 17.7. The van der Waals surface area contributed by atoms with E-state index in [1.165, 1.54) is 6.92 Å². The highest BCUT2D eigenvalue weighted by atomic mass is 16.3. The van der Waals surface area contributed by atoms with Crippen LogP contribution in [0.3, 0.4) is 0 Å². The number of amides is 2. The standard InChI is InChI=1S/C19H30N2O3/c1-13-10-15-16(11-19(3,4)12-17(15)24-13)21-18(23)8-6-5-7-9-20-14(2)22/h10,16H,5-9,11-12H2,1-4H3,(H,20,22)(H,21,23). The topological polar surface area (TPSA) is 71.3 Å². The first-order chi connectivity index (χ1) is 11.3. The van der Waals surface area contributed by atoms with Gasteiger partial charge in [-0.1, -0.05) is 20.3 Å². The molecular weight excluding hydrogens is 304 g/mol. The van der Waals surface area contributed by atoms with Crippen LogP contribution in [-0.2, 0) is 16.0 Å². The molecule has 2 rings (SSSR count). The van der Waals surface area contributed by atoms with E-state index in [0.717, 1.165) is 49.2 Å². The van der Waals surface area contributed by atoms with Crippen LogP contribution in [0.1, 0.15) is 76.0 Å². The van der Waals surface area contributed by atoms with E-state index >= 15 is 0 Å². The predicted octanol–water partition coefficient (Wildman–Crippen LogP) is 3.41. The molecule has 5 nitrogen and oxygen atoms in total. The number of aryl methyl sites for hydroxylation is 1. The maximum Gasteiger partial charge on any atom is 0.220 e. The Morgan fingerprint density at radius 3 is 2.75 bits per heavy atom. The summed E-state index contributed by atoms with van der Waals surface area (Å²) >= 11 is 0. The lowest BCUT2D eigenvalue weighted by molar-refractivity contribution is -0.122. The van der Waals surface area contributed by atoms with Crippen molar-refractivity contribution in [1.29, 1.82) is 0 Å². The molecule has 0 saturated carbocycles. The number of unbranched alkanes of at least 4 members (excludes halogenated alkanes) is 2. The summed E-state index contributed by atoms with van der Waals surface area (Å²) < 4.78 is 5.81. The maximum atomic E-state index is 12.3. The average Bonchev–Trinajstić information content (AvgIpc) is 2.81. The SMILES string of the molecule is CC(=O)NCCCCCC(=O)NC1CC(C)(C)Cc2oc(C)cc21. The maximum absolute atomic E-state index is 12.3. The third-order valence-electron chi connectivity index (χ3n) is 4.53. The molecule has 2 N–H and O–H groups in total. The van der Waals surface area contributed by atoms with E-state index in [-0.39, 0.29) is 23.3 Å². The summed E-state index contributed by atoms with van der Waals surface area (Å²) in [6, 6.07) is 2.11. The average molecular weight is 334 g/mol. The smallest absolute Gasteiger partial charge is 0.220 e. The molecule has 1 aromatic heterocycles. The van der Waals surface area contributed by atoms with Gasteiger partial charge in [-0.05, 0) is 37.7 Å². The third kappa shape index (κ3) is 5.39. The van der Waals surface area contributed by atoms with Crippen molar-refractivity contribution in [3.8, 4) is 0 Å². The number of fused-ring (bicyclic) bond motifs is 1. The first kappa shape index (κ1) is 18.6. The second-order valence-electron chi connectivity index (χ2n) is 7.69. The zero-order valence-corrected chi connectivity index (χ0v) is 15.3. The Hall–Kier alpha value is -1.78. The van der Waals surface area contributed by atoms with Crippen LogP contribution < -0.4 is 10.6 Å². The van der Waals surface area contributed by atoms with Gasteiger partial charge in [-0.15, -0.1) is 0 Å². The normalized spacial score (nSPS) is 18.8. The van der Waals surface area contributed by atoms with E-state index in [0.29, 0.717) is 13.0 Å². The molecule has 1 unspecified atom stereocenters. The predicted molar refractivity (Wildman–Crippen MR) is 93.6 cm³/mol. The van der Waals surface area contributed by atoms with Crippen molar-refractivity contribution in [3.05, 3.63) is 23.2 Å². The molecule has 0 fully saturated rings. The van der Waals surface area contributed by atoms with Crippen molar-refractivity contribution in [2.24, 2.45) is 5.41 Å². The van der Waals surface area contributed by atoms with Crippen molar-refractivity contribution < 1.29 is 14.0 Å². The number of rotatable bonds is 7. The monoisotopic (exact) mass is 334 g/mol. The molecule has 0 bridgehead atoms. The highest BCUT2D eigenvalue weighted by Crippen LogP contribution is 2.42. The van der Waals surface area contributed by atoms with Crippen molar-refractivity contribution >= 4 is 11.8 Å². The Bertz CT molecular complexity index is 589. The van der Waals surface area contributed by atoms with Crippen LogP contribution in [0.5, 0.6) is 0 Å². The van der Waals surface area contributed by atoms with Gasteiger partial charge in [-0.25, -0.2) is 0 Å². The van der Waals surface area contributed by atoms with Gasteiger partial charge in [-0.3, -0.25) is 9.59 Å². The fraction of sp³-hybridized carbons (Fsp3) is 0.684. The van der Waals surface area contributed by atoms with Crippen LogP contribution in [0.4, 0.5) is 0 Å². The summed E-state index contributed by atoms with van der Waals surface area (Å²) in [6.07, 6.45) is 5.09. The summed E-state index contributed by atoms with van der Waals surface area (Å²) in [6.45, 7) is 8.60. The van der Waals surface area contributed by atoms with Crippen LogP contribution in [-0.4, -0.2) is 18.4 Å². The Morgan fingerprint density at radius 1 is 1.29 bits per heavy atom. The van der Waals surface area contributed by atoms with Gasteiger partial charge in [0, 0.05) is 31.9 Å². The summed E-state index contributed by atoms with van der Waals surface area (Å²) in [5.41, 5.74) is 1.28. The molecule has 1 atom stereocenters. The molecule has 0 radical (unpaired) electrons. The van der Waals surface area contributed by atoms with E-state index in [1.54, 1.807) is 0 Å². The molecular formula is C19H30N2O3. The number of carbonyl (C=O) groups excluding carboxylic acids is 2. The summed E-state index contributed by atoms with van der Waals surface area (Å²) in [4.78, 5) is 23.0. The number of hydrogen-bond acceptors (Lipinski definition) is 3. The lowest BCUT2D eigenvalue weighted by Gasteiger charge is -2.34. The quantitative estimate of drug-likeness (QED) is 0.751. The zero-order valence-electron chi connectivity index (χ0n) is 15.3. The number of nitrogens with one attached hydrogen (secondary N) is 2. The fourth-order valence-corrected chi connectivity index (χ4v) is 3.43. The van der Waals surface area contributed by atoms with E-state index in [1.807, 2.05) is 6.92 Å². The van der Waals surface area contributed by atoms with Gasteiger partial charge in [0.05, 0.1) is 6.04 Å². The molecule has 1 aliphatic rings. The summed E-state index contributed by atoms with van der Waals surface area (Å²) in [7, 11) is 0. The molecule has 0 spiro atoms. The molecule has 134 valence electrons. The summed E-state index contributed by atoms with van der Waals surface area (Å²) in [5, 5.41) is 5.96. The fourth-order valence-electron chi connectivity index (χ4n) is 3.43. The Balaban J connectivity index is 1.80. The molecule has 0 aromatic carbocycles. The van der Waals surface area contributed by atoms with Crippen LogP contribution in [0, 0.1) is 12.3 Å². The van der Waals surface area contributed by atoms with Crippen LogP contribution in [0.25, 0.3) is 0 Å². The Kier molecular flexibility index (Phi) is 6.08. The van der Waals surface area contributed by atoms with Crippen molar-refractivity contribution in [1.82, 2.24) is 10.6 Å². The first-order valence-electron chi connectivity index (χ1n) is 8.90. The van der Waals surface area contributed by atoms with Crippen LogP contribution in [0.15, 0.2) is 10.5 Å². The minimum atomic E-state index is -0.00105. The highest BCUT2D eigenvalue weighted by molar-refractivity contribution is 5.76. The number of furan rings is 1. The molecule has 2 amide bonds. The number of carbonyl (C=O) groups is 2. The molecule has 1 aliphatic carbocycles. The van der Waals surface area contributed by atoms with Gasteiger partial charge in [-0.2, -0.15) is 0 Å². The van der Waals surface area contributed by atoms with Gasteiger partial charge in [0.2, 0.25) is 11.8 Å². The van der Waals surface area contributed by atoms with Gasteiger partial charge in [0.15, 0.2) is 0 Å². The highest BCUT2D eigenvalue weighted by Gasteiger charge is 2.35. The minimum absolute atomic E-state index is 0.00105. The Labute approximate surface area is 144 Å². The molecule has 1 aromatic rings. The van der Waals surface area contributed by atoms with Crippen molar-refractivity contribution in [2.45, 2.75) is 72.3 Å². The lowest BCUT2D eigenvalue weighted by atomic mass is 9.74. The van der Waals surface area contributed by atoms with E-state index in [9.17, 15) is 9.59 Å². The molecule has 1 heterocycles. The van der Waals surface area contributed by atoms with Crippen molar-refractivity contribution in [2.75, 3.05) is 6.54 Å². The molecule has 5 heteroatoms. The van der Waals surface area contributed by atoms with Crippen LogP contribution >= 0.6 is 0 Å². The van der Waals surface area contributed by atoms with Gasteiger partial charge in [0.1, 0.15) is 11.5 Å². The van der Waals surface area contributed by atoms with E-state index < -0.39 is 0 Å². The van der Waals surface area contributed by atoms with Gasteiger partial charge in [0.25, 0.3) is 0 Å². The van der Waals surface area contributed by atoms with Crippen molar-refractivity contribution in [3.63, 3.8) is 0 Å². The molecule has 0 aliphatic heterocycles. The van der Waals surface area contributed by atoms with Gasteiger partial charge >= 0.3 is 0 Å². The second kappa shape index (κ2) is 7.86. The van der Waals surface area contributed by atoms with E-state index in [4.69, 9.17) is 4.42 Å². The lowest BCUT2D eigenvalue weighted by Crippen LogP contribution is -2.35. The summed E-state index contributed by atoms with van der Waals surface area (Å²) in [5.74, 6) is 2.03. The van der Waals surface area contributed by atoms with Gasteiger partial charge < -0.3 is 15.1 Å². The van der Waals surface area contributed by atoms with E-state index in [2.05, 4.69) is 30.5 Å².